The Labute approximate surface area is 101 Å². The Bertz CT molecular complexity index is 417. The van der Waals surface area contributed by atoms with Crippen molar-refractivity contribution in [3.05, 3.63) is 35.1 Å². The summed E-state index contributed by atoms with van der Waals surface area (Å²) in [4.78, 5) is 16.0. The summed E-state index contributed by atoms with van der Waals surface area (Å²) in [5.74, 6) is -5.51. The highest BCUT2D eigenvalue weighted by Crippen LogP contribution is 2.13. The van der Waals surface area contributed by atoms with Crippen LogP contribution in [0.2, 0.25) is 0 Å². The van der Waals surface area contributed by atoms with E-state index in [-0.39, 0.29) is 6.61 Å². The van der Waals surface area contributed by atoms with Crippen LogP contribution in [0.3, 0.4) is 0 Å². The molecular formula is C11H12F3NO3. The Hall–Kier alpha value is -1.60. The normalized spacial score (nSPS) is 12.3. The molecule has 1 rings (SSSR count). The fraction of sp³-hybridized carbons (Fsp3) is 0.364. The minimum Gasteiger partial charge on any atom is -0.391 e. The first-order valence-electron chi connectivity index (χ1n) is 5.20. The SMILES string of the molecule is CCC(O)CONC(=O)c1cc(F)c(F)c(F)c1. The lowest BCUT2D eigenvalue weighted by molar-refractivity contribution is -0.0134. The van der Waals surface area contributed by atoms with Crippen molar-refractivity contribution in [3.63, 3.8) is 0 Å². The highest BCUT2D eigenvalue weighted by Gasteiger charge is 2.15. The second kappa shape index (κ2) is 6.36. The van der Waals surface area contributed by atoms with Crippen LogP contribution >= 0.6 is 0 Å². The van der Waals surface area contributed by atoms with Crippen LogP contribution < -0.4 is 5.48 Å². The number of aliphatic hydroxyl groups excluding tert-OH is 1. The van der Waals surface area contributed by atoms with Crippen molar-refractivity contribution in [2.24, 2.45) is 0 Å². The summed E-state index contributed by atoms with van der Waals surface area (Å²) in [5.41, 5.74) is 1.46. The number of hydroxylamine groups is 1. The van der Waals surface area contributed by atoms with Crippen molar-refractivity contribution in [1.29, 1.82) is 0 Å². The van der Waals surface area contributed by atoms with E-state index in [0.717, 1.165) is 0 Å². The number of nitrogens with one attached hydrogen (secondary N) is 1. The van der Waals surface area contributed by atoms with Gasteiger partial charge in [0.25, 0.3) is 5.91 Å². The monoisotopic (exact) mass is 263 g/mol. The molecule has 0 aliphatic carbocycles. The van der Waals surface area contributed by atoms with Crippen LogP contribution in [0.15, 0.2) is 12.1 Å². The molecule has 4 nitrogen and oxygen atoms in total. The molecule has 0 aromatic heterocycles. The number of benzene rings is 1. The molecule has 100 valence electrons. The molecule has 1 unspecified atom stereocenters. The molecule has 1 atom stereocenters. The Balaban J connectivity index is 2.62. The van der Waals surface area contributed by atoms with Gasteiger partial charge in [0, 0.05) is 5.56 Å². The molecule has 0 fully saturated rings. The summed E-state index contributed by atoms with van der Waals surface area (Å²) in [6.45, 7) is 1.55. The van der Waals surface area contributed by atoms with Crippen LogP contribution in [-0.4, -0.2) is 23.7 Å². The molecule has 1 aromatic rings. The molecule has 1 amide bonds. The molecule has 0 radical (unpaired) electrons. The molecule has 0 spiro atoms. The van der Waals surface area contributed by atoms with Gasteiger partial charge in [0.1, 0.15) is 6.61 Å². The van der Waals surface area contributed by atoms with Crippen molar-refractivity contribution >= 4 is 5.91 Å². The Morgan fingerprint density at radius 3 is 2.44 bits per heavy atom. The van der Waals surface area contributed by atoms with E-state index in [9.17, 15) is 18.0 Å². The third-order valence-electron chi connectivity index (χ3n) is 2.16. The molecule has 0 saturated heterocycles. The molecule has 18 heavy (non-hydrogen) atoms. The lowest BCUT2D eigenvalue weighted by atomic mass is 10.2. The average Bonchev–Trinajstić information content (AvgIpc) is 2.34. The Kier molecular flexibility index (Phi) is 5.11. The molecule has 1 aromatic carbocycles. The zero-order chi connectivity index (χ0) is 13.7. The van der Waals surface area contributed by atoms with Crippen LogP contribution in [0, 0.1) is 17.5 Å². The van der Waals surface area contributed by atoms with Gasteiger partial charge in [-0.05, 0) is 18.6 Å². The maximum absolute atomic E-state index is 12.8. The lowest BCUT2D eigenvalue weighted by Gasteiger charge is -2.09. The van der Waals surface area contributed by atoms with E-state index in [0.29, 0.717) is 18.6 Å². The minimum absolute atomic E-state index is 0.158. The van der Waals surface area contributed by atoms with Gasteiger partial charge in [-0.25, -0.2) is 18.7 Å². The van der Waals surface area contributed by atoms with Gasteiger partial charge in [0.15, 0.2) is 17.5 Å². The number of aliphatic hydroxyl groups is 1. The zero-order valence-corrected chi connectivity index (χ0v) is 9.54. The summed E-state index contributed by atoms with van der Waals surface area (Å²) >= 11 is 0. The molecule has 7 heteroatoms. The first kappa shape index (κ1) is 14.5. The third-order valence-corrected chi connectivity index (χ3v) is 2.16. The molecule has 0 bridgehead atoms. The van der Waals surface area contributed by atoms with E-state index in [4.69, 9.17) is 5.11 Å². The lowest BCUT2D eigenvalue weighted by Crippen LogP contribution is -2.28. The maximum atomic E-state index is 12.8. The number of halogens is 3. The summed E-state index contributed by atoms with van der Waals surface area (Å²) in [6.07, 6.45) is -0.331. The summed E-state index contributed by atoms with van der Waals surface area (Å²) in [7, 11) is 0. The first-order chi connectivity index (χ1) is 8.45. The van der Waals surface area contributed by atoms with Crippen molar-refractivity contribution in [2.45, 2.75) is 19.4 Å². The van der Waals surface area contributed by atoms with Gasteiger partial charge in [-0.3, -0.25) is 9.63 Å². The summed E-state index contributed by atoms with van der Waals surface area (Å²) in [6, 6.07) is 1.10. The largest absolute Gasteiger partial charge is 0.391 e. The maximum Gasteiger partial charge on any atom is 0.275 e. The molecule has 0 aliphatic heterocycles. The average molecular weight is 263 g/mol. The van der Waals surface area contributed by atoms with Gasteiger partial charge in [-0.1, -0.05) is 6.92 Å². The van der Waals surface area contributed by atoms with E-state index in [2.05, 4.69) is 4.84 Å². The smallest absolute Gasteiger partial charge is 0.275 e. The quantitative estimate of drug-likeness (QED) is 0.625. The predicted octanol–water partition coefficient (Wildman–Crippen LogP) is 1.54. The highest BCUT2D eigenvalue weighted by molar-refractivity contribution is 5.93. The first-order valence-corrected chi connectivity index (χ1v) is 5.20. The number of rotatable bonds is 5. The molecule has 0 saturated carbocycles. The summed E-state index contributed by atoms with van der Waals surface area (Å²) < 4.78 is 38.3. The third kappa shape index (κ3) is 3.71. The van der Waals surface area contributed by atoms with Gasteiger partial charge in [-0.2, -0.15) is 0 Å². The van der Waals surface area contributed by atoms with Gasteiger partial charge >= 0.3 is 0 Å². The number of hydrogen-bond donors (Lipinski definition) is 2. The topological polar surface area (TPSA) is 58.6 Å². The van der Waals surface area contributed by atoms with Gasteiger partial charge in [-0.15, -0.1) is 0 Å². The fourth-order valence-corrected chi connectivity index (χ4v) is 1.07. The Morgan fingerprint density at radius 1 is 1.39 bits per heavy atom. The van der Waals surface area contributed by atoms with Crippen LogP contribution in [0.25, 0.3) is 0 Å². The van der Waals surface area contributed by atoms with Gasteiger partial charge in [0.05, 0.1) is 6.10 Å². The van der Waals surface area contributed by atoms with Crippen LogP contribution in [-0.2, 0) is 4.84 Å². The second-order valence-corrected chi connectivity index (χ2v) is 3.56. The number of hydrogen-bond acceptors (Lipinski definition) is 3. The van der Waals surface area contributed by atoms with Crippen LogP contribution in [0.4, 0.5) is 13.2 Å². The minimum atomic E-state index is -1.64. The predicted molar refractivity (Wildman–Crippen MR) is 56.0 cm³/mol. The Morgan fingerprint density at radius 2 is 1.94 bits per heavy atom. The molecular weight excluding hydrogens is 251 g/mol. The van der Waals surface area contributed by atoms with Crippen molar-refractivity contribution in [2.75, 3.05) is 6.61 Å². The van der Waals surface area contributed by atoms with Crippen molar-refractivity contribution in [1.82, 2.24) is 5.48 Å². The van der Waals surface area contributed by atoms with Crippen LogP contribution in [0.5, 0.6) is 0 Å². The highest BCUT2D eigenvalue weighted by atomic mass is 19.2. The van der Waals surface area contributed by atoms with E-state index < -0.39 is 35.0 Å². The molecule has 2 N–H and O–H groups in total. The van der Waals surface area contributed by atoms with Gasteiger partial charge in [0.2, 0.25) is 0 Å². The number of carbonyl (C=O) groups is 1. The van der Waals surface area contributed by atoms with E-state index in [1.54, 1.807) is 6.92 Å². The van der Waals surface area contributed by atoms with E-state index in [1.807, 2.05) is 5.48 Å². The van der Waals surface area contributed by atoms with Gasteiger partial charge < -0.3 is 5.11 Å². The zero-order valence-electron chi connectivity index (χ0n) is 9.54. The number of amides is 1. The molecule has 0 heterocycles. The fourth-order valence-electron chi connectivity index (χ4n) is 1.07. The second-order valence-electron chi connectivity index (χ2n) is 3.56. The summed E-state index contributed by atoms with van der Waals surface area (Å²) in [5, 5.41) is 9.12. The molecule has 0 aliphatic rings. The number of carbonyl (C=O) groups excluding carboxylic acids is 1. The van der Waals surface area contributed by atoms with E-state index >= 15 is 0 Å². The standard InChI is InChI=1S/C11H12F3NO3/c1-2-7(16)5-18-15-11(17)6-3-8(12)10(14)9(13)4-6/h3-4,7,16H,2,5H2,1H3,(H,15,17). The van der Waals surface area contributed by atoms with Crippen LogP contribution in [0.1, 0.15) is 23.7 Å². The van der Waals surface area contributed by atoms with Crippen molar-refractivity contribution in [3.8, 4) is 0 Å². The van der Waals surface area contributed by atoms with Crippen molar-refractivity contribution < 1.29 is 27.9 Å². The van der Waals surface area contributed by atoms with E-state index in [1.165, 1.54) is 0 Å².